The van der Waals surface area contributed by atoms with Crippen LogP contribution < -0.4 is 5.32 Å². The van der Waals surface area contributed by atoms with Crippen LogP contribution in [0.15, 0.2) is 36.4 Å². The minimum absolute atomic E-state index is 0.156. The number of phenols is 1. The van der Waals surface area contributed by atoms with Crippen molar-refractivity contribution in [2.24, 2.45) is 0 Å². The summed E-state index contributed by atoms with van der Waals surface area (Å²) in [6.45, 7) is 7.70. The van der Waals surface area contributed by atoms with Crippen molar-refractivity contribution >= 4 is 10.8 Å². The number of aromatic hydroxyl groups is 1. The summed E-state index contributed by atoms with van der Waals surface area (Å²) in [5.41, 5.74) is 0.986. The molecule has 1 aliphatic rings. The van der Waals surface area contributed by atoms with Crippen LogP contribution in [0.1, 0.15) is 38.3 Å². The van der Waals surface area contributed by atoms with E-state index >= 15 is 0 Å². The number of likely N-dealkylation sites (tertiary alicyclic amines) is 1. The molecule has 2 atom stereocenters. The number of nitrogens with one attached hydrogen (secondary N) is 1. The van der Waals surface area contributed by atoms with Gasteiger partial charge in [-0.15, -0.1) is 0 Å². The van der Waals surface area contributed by atoms with Crippen LogP contribution in [-0.2, 0) is 0 Å². The molecular formula is C19H26N2O. The van der Waals surface area contributed by atoms with E-state index in [1.807, 2.05) is 30.3 Å². The van der Waals surface area contributed by atoms with Crippen molar-refractivity contribution in [3.63, 3.8) is 0 Å². The van der Waals surface area contributed by atoms with Crippen molar-refractivity contribution in [1.29, 1.82) is 0 Å². The standard InChI is InChI=1S/C19H26N2O/c1-3-21-12-6-8-16(21)13-20-14(2)17-11-10-15-7-4-5-9-18(15)19(17)22/h4-5,7,9-11,14,16,20,22H,3,6,8,12-13H2,1-2H3. The van der Waals surface area contributed by atoms with Gasteiger partial charge >= 0.3 is 0 Å². The van der Waals surface area contributed by atoms with E-state index in [4.69, 9.17) is 0 Å². The van der Waals surface area contributed by atoms with Crippen LogP contribution in [0.25, 0.3) is 10.8 Å². The van der Waals surface area contributed by atoms with Crippen molar-refractivity contribution in [3.8, 4) is 5.75 Å². The number of benzene rings is 2. The van der Waals surface area contributed by atoms with Crippen molar-refractivity contribution in [3.05, 3.63) is 42.0 Å². The highest BCUT2D eigenvalue weighted by Gasteiger charge is 2.23. The van der Waals surface area contributed by atoms with E-state index in [9.17, 15) is 5.11 Å². The third kappa shape index (κ3) is 2.96. The molecule has 0 bridgehead atoms. The molecule has 1 heterocycles. The van der Waals surface area contributed by atoms with Gasteiger partial charge in [-0.25, -0.2) is 0 Å². The molecule has 2 aromatic carbocycles. The summed E-state index contributed by atoms with van der Waals surface area (Å²) in [5, 5.41) is 16.2. The fraction of sp³-hybridized carbons (Fsp3) is 0.474. The number of phenolic OH excluding ortho intramolecular Hbond substituents is 1. The first-order chi connectivity index (χ1) is 10.7. The molecule has 2 N–H and O–H groups in total. The van der Waals surface area contributed by atoms with Gasteiger partial charge in [-0.2, -0.15) is 0 Å². The van der Waals surface area contributed by atoms with Gasteiger partial charge in [-0.1, -0.05) is 43.3 Å². The molecule has 1 aliphatic heterocycles. The Balaban J connectivity index is 1.72. The molecule has 0 amide bonds. The number of nitrogens with zero attached hydrogens (tertiary/aromatic N) is 1. The van der Waals surface area contributed by atoms with Gasteiger partial charge in [0.2, 0.25) is 0 Å². The molecule has 3 heteroatoms. The Bertz CT molecular complexity index is 640. The Hall–Kier alpha value is -1.58. The zero-order valence-electron chi connectivity index (χ0n) is 13.5. The van der Waals surface area contributed by atoms with Crippen LogP contribution in [0.3, 0.4) is 0 Å². The zero-order chi connectivity index (χ0) is 15.5. The smallest absolute Gasteiger partial charge is 0.128 e. The third-order valence-corrected chi connectivity index (χ3v) is 4.96. The molecule has 0 spiro atoms. The molecule has 2 aromatic rings. The summed E-state index contributed by atoms with van der Waals surface area (Å²) in [4.78, 5) is 2.54. The number of hydrogen-bond donors (Lipinski definition) is 2. The number of fused-ring (bicyclic) bond motifs is 1. The van der Waals surface area contributed by atoms with E-state index in [0.717, 1.165) is 29.4 Å². The lowest BCUT2D eigenvalue weighted by atomic mass is 10.0. The quantitative estimate of drug-likeness (QED) is 0.884. The maximum Gasteiger partial charge on any atom is 0.128 e. The van der Waals surface area contributed by atoms with Gasteiger partial charge in [0.25, 0.3) is 0 Å². The molecule has 0 radical (unpaired) electrons. The Labute approximate surface area is 132 Å². The largest absolute Gasteiger partial charge is 0.507 e. The number of likely N-dealkylation sites (N-methyl/N-ethyl adjacent to an activating group) is 1. The summed E-state index contributed by atoms with van der Waals surface area (Å²) in [7, 11) is 0. The molecule has 22 heavy (non-hydrogen) atoms. The molecule has 1 fully saturated rings. The Morgan fingerprint density at radius 2 is 2.09 bits per heavy atom. The van der Waals surface area contributed by atoms with E-state index < -0.39 is 0 Å². The van der Waals surface area contributed by atoms with Gasteiger partial charge in [0.1, 0.15) is 5.75 Å². The highest BCUT2D eigenvalue weighted by atomic mass is 16.3. The molecule has 0 aromatic heterocycles. The second-order valence-electron chi connectivity index (χ2n) is 6.28. The molecule has 3 rings (SSSR count). The average molecular weight is 298 g/mol. The molecule has 118 valence electrons. The number of rotatable bonds is 5. The van der Waals surface area contributed by atoms with Gasteiger partial charge in [0.05, 0.1) is 0 Å². The fourth-order valence-electron chi connectivity index (χ4n) is 3.59. The average Bonchev–Trinajstić information content (AvgIpc) is 3.01. The third-order valence-electron chi connectivity index (χ3n) is 4.96. The summed E-state index contributed by atoms with van der Waals surface area (Å²) in [6, 6.07) is 12.9. The number of hydrogen-bond acceptors (Lipinski definition) is 3. The first kappa shape index (κ1) is 15.3. The molecule has 0 saturated carbocycles. The van der Waals surface area contributed by atoms with Crippen LogP contribution in [-0.4, -0.2) is 35.7 Å². The predicted molar refractivity (Wildman–Crippen MR) is 92.3 cm³/mol. The Kier molecular flexibility index (Phi) is 4.65. The molecular weight excluding hydrogens is 272 g/mol. The van der Waals surface area contributed by atoms with Crippen LogP contribution >= 0.6 is 0 Å². The van der Waals surface area contributed by atoms with Crippen LogP contribution in [0.4, 0.5) is 0 Å². The van der Waals surface area contributed by atoms with E-state index in [2.05, 4.69) is 30.1 Å². The highest BCUT2D eigenvalue weighted by Crippen LogP contribution is 2.32. The predicted octanol–water partition coefficient (Wildman–Crippen LogP) is 3.68. The normalized spacial score (nSPS) is 20.5. The van der Waals surface area contributed by atoms with E-state index in [-0.39, 0.29) is 6.04 Å². The first-order valence-electron chi connectivity index (χ1n) is 8.38. The summed E-state index contributed by atoms with van der Waals surface area (Å²) < 4.78 is 0. The van der Waals surface area contributed by atoms with Gasteiger partial charge in [-0.05, 0) is 38.2 Å². The lowest BCUT2D eigenvalue weighted by molar-refractivity contribution is 0.255. The van der Waals surface area contributed by atoms with Crippen LogP contribution in [0.5, 0.6) is 5.75 Å². The van der Waals surface area contributed by atoms with Crippen LogP contribution in [0.2, 0.25) is 0 Å². The van der Waals surface area contributed by atoms with Gasteiger partial charge in [0.15, 0.2) is 0 Å². The topological polar surface area (TPSA) is 35.5 Å². The highest BCUT2D eigenvalue weighted by molar-refractivity contribution is 5.89. The second-order valence-corrected chi connectivity index (χ2v) is 6.28. The van der Waals surface area contributed by atoms with Gasteiger partial charge < -0.3 is 10.4 Å². The minimum Gasteiger partial charge on any atom is -0.507 e. The summed E-state index contributed by atoms with van der Waals surface area (Å²) >= 11 is 0. The van der Waals surface area contributed by atoms with Crippen molar-refractivity contribution in [2.45, 2.75) is 38.8 Å². The Morgan fingerprint density at radius 1 is 1.27 bits per heavy atom. The van der Waals surface area contributed by atoms with Gasteiger partial charge in [0, 0.05) is 29.6 Å². The molecule has 3 nitrogen and oxygen atoms in total. The van der Waals surface area contributed by atoms with Crippen molar-refractivity contribution in [1.82, 2.24) is 10.2 Å². The minimum atomic E-state index is 0.156. The van der Waals surface area contributed by atoms with Crippen molar-refractivity contribution in [2.75, 3.05) is 19.6 Å². The van der Waals surface area contributed by atoms with Crippen LogP contribution in [0, 0.1) is 0 Å². The Morgan fingerprint density at radius 3 is 2.91 bits per heavy atom. The SMILES string of the molecule is CCN1CCCC1CNC(C)c1ccc2ccccc2c1O. The lowest BCUT2D eigenvalue weighted by Crippen LogP contribution is -2.38. The fourth-order valence-corrected chi connectivity index (χ4v) is 3.59. The maximum absolute atomic E-state index is 10.6. The zero-order valence-corrected chi connectivity index (χ0v) is 13.5. The second kappa shape index (κ2) is 6.67. The maximum atomic E-state index is 10.6. The molecule has 1 saturated heterocycles. The lowest BCUT2D eigenvalue weighted by Gasteiger charge is -2.25. The summed E-state index contributed by atoms with van der Waals surface area (Å²) in [6.07, 6.45) is 2.58. The molecule has 2 unspecified atom stereocenters. The van der Waals surface area contributed by atoms with Crippen molar-refractivity contribution < 1.29 is 5.11 Å². The van der Waals surface area contributed by atoms with E-state index in [1.54, 1.807) is 0 Å². The monoisotopic (exact) mass is 298 g/mol. The first-order valence-corrected chi connectivity index (χ1v) is 8.38. The molecule has 0 aliphatic carbocycles. The van der Waals surface area contributed by atoms with E-state index in [0.29, 0.717) is 11.8 Å². The van der Waals surface area contributed by atoms with Gasteiger partial charge in [-0.3, -0.25) is 4.90 Å². The summed E-state index contributed by atoms with van der Waals surface area (Å²) in [5.74, 6) is 0.414. The van der Waals surface area contributed by atoms with E-state index in [1.165, 1.54) is 19.4 Å².